The van der Waals surface area contributed by atoms with Crippen molar-refractivity contribution in [3.05, 3.63) is 35.6 Å². The average molecular weight is 238 g/mol. The maximum atomic E-state index is 13.5. The van der Waals surface area contributed by atoms with Gasteiger partial charge in [0.25, 0.3) is 0 Å². The molecule has 0 aliphatic carbocycles. The Kier molecular flexibility index (Phi) is 3.49. The molecule has 1 aromatic rings. The van der Waals surface area contributed by atoms with Crippen LogP contribution in [-0.2, 0) is 0 Å². The van der Waals surface area contributed by atoms with Crippen molar-refractivity contribution >= 4 is 16.9 Å². The second kappa shape index (κ2) is 4.87. The molecule has 0 saturated carbocycles. The van der Waals surface area contributed by atoms with Crippen LogP contribution >= 0.6 is 11.8 Å². The predicted octanol–water partition coefficient (Wildman–Crippen LogP) is 2.97. The minimum absolute atomic E-state index is 0.0438. The van der Waals surface area contributed by atoms with Crippen molar-refractivity contribution in [1.29, 1.82) is 0 Å². The van der Waals surface area contributed by atoms with E-state index >= 15 is 0 Å². The maximum Gasteiger partial charge on any atom is 0.157 e. The van der Waals surface area contributed by atoms with Crippen LogP contribution in [0.25, 0.3) is 0 Å². The molecule has 2 atom stereocenters. The molecule has 2 rings (SSSR count). The van der Waals surface area contributed by atoms with Gasteiger partial charge < -0.3 is 5.32 Å². The quantitative estimate of drug-likeness (QED) is 0.856. The molecule has 2 unspecified atom stereocenters. The van der Waals surface area contributed by atoms with Crippen LogP contribution in [0.15, 0.2) is 29.3 Å². The van der Waals surface area contributed by atoms with Crippen molar-refractivity contribution in [2.75, 3.05) is 5.75 Å². The van der Waals surface area contributed by atoms with Gasteiger partial charge in [-0.15, -0.1) is 0 Å². The first kappa shape index (κ1) is 11.5. The number of thioether (sulfide) groups is 1. The SMILES string of the molecule is CC1CSC(NC(C)c2ccccc2F)=N1. The van der Waals surface area contributed by atoms with Crippen molar-refractivity contribution in [2.24, 2.45) is 4.99 Å². The number of rotatable bonds is 2. The van der Waals surface area contributed by atoms with Gasteiger partial charge in [-0.05, 0) is 19.9 Å². The van der Waals surface area contributed by atoms with E-state index in [1.165, 1.54) is 6.07 Å². The van der Waals surface area contributed by atoms with Crippen LogP contribution < -0.4 is 5.32 Å². The van der Waals surface area contributed by atoms with Crippen molar-refractivity contribution in [2.45, 2.75) is 25.9 Å². The topological polar surface area (TPSA) is 24.4 Å². The highest BCUT2D eigenvalue weighted by Crippen LogP contribution is 2.21. The van der Waals surface area contributed by atoms with Gasteiger partial charge in [0.1, 0.15) is 5.82 Å². The second-order valence-corrected chi connectivity index (χ2v) is 4.99. The Morgan fingerprint density at radius 3 is 2.88 bits per heavy atom. The summed E-state index contributed by atoms with van der Waals surface area (Å²) in [5.41, 5.74) is 0.686. The van der Waals surface area contributed by atoms with E-state index in [4.69, 9.17) is 0 Å². The molecule has 0 aromatic heterocycles. The zero-order valence-electron chi connectivity index (χ0n) is 9.40. The Hall–Kier alpha value is -1.03. The summed E-state index contributed by atoms with van der Waals surface area (Å²) in [4.78, 5) is 4.43. The fourth-order valence-corrected chi connectivity index (χ4v) is 2.63. The van der Waals surface area contributed by atoms with Crippen LogP contribution in [0.1, 0.15) is 25.5 Å². The first-order chi connectivity index (χ1) is 7.66. The first-order valence-corrected chi connectivity index (χ1v) is 6.37. The van der Waals surface area contributed by atoms with Crippen LogP contribution in [0, 0.1) is 5.82 Å². The van der Waals surface area contributed by atoms with Gasteiger partial charge in [0.15, 0.2) is 5.17 Å². The molecule has 1 aliphatic heterocycles. The van der Waals surface area contributed by atoms with Crippen molar-refractivity contribution in [3.8, 4) is 0 Å². The van der Waals surface area contributed by atoms with Gasteiger partial charge >= 0.3 is 0 Å². The van der Waals surface area contributed by atoms with Crippen molar-refractivity contribution in [3.63, 3.8) is 0 Å². The zero-order valence-corrected chi connectivity index (χ0v) is 10.2. The highest BCUT2D eigenvalue weighted by atomic mass is 32.2. The van der Waals surface area contributed by atoms with E-state index in [1.54, 1.807) is 23.9 Å². The van der Waals surface area contributed by atoms with Gasteiger partial charge in [0, 0.05) is 11.3 Å². The Bertz CT molecular complexity index is 406. The lowest BCUT2D eigenvalue weighted by Crippen LogP contribution is -2.23. The number of halogens is 1. The molecule has 1 aromatic carbocycles. The van der Waals surface area contributed by atoms with E-state index in [9.17, 15) is 4.39 Å². The molecule has 0 amide bonds. The third kappa shape index (κ3) is 2.55. The Balaban J connectivity index is 2.06. The van der Waals surface area contributed by atoms with Crippen LogP contribution in [0.4, 0.5) is 4.39 Å². The van der Waals surface area contributed by atoms with Crippen molar-refractivity contribution < 1.29 is 4.39 Å². The molecular weight excluding hydrogens is 223 g/mol. The summed E-state index contributed by atoms with van der Waals surface area (Å²) in [6, 6.07) is 7.16. The largest absolute Gasteiger partial charge is 0.358 e. The molecule has 0 spiro atoms. The lowest BCUT2D eigenvalue weighted by molar-refractivity contribution is 0.580. The van der Waals surface area contributed by atoms with Gasteiger partial charge in [0.05, 0.1) is 12.1 Å². The summed E-state index contributed by atoms with van der Waals surface area (Å²) in [6.07, 6.45) is 0. The second-order valence-electron chi connectivity index (χ2n) is 3.98. The smallest absolute Gasteiger partial charge is 0.157 e. The Morgan fingerprint density at radius 2 is 2.25 bits per heavy atom. The van der Waals surface area contributed by atoms with E-state index in [0.717, 1.165) is 10.9 Å². The van der Waals surface area contributed by atoms with Gasteiger partial charge in [-0.2, -0.15) is 0 Å². The molecule has 16 heavy (non-hydrogen) atoms. The monoisotopic (exact) mass is 238 g/mol. The number of benzene rings is 1. The number of hydrogen-bond donors (Lipinski definition) is 1. The predicted molar refractivity (Wildman–Crippen MR) is 67.3 cm³/mol. The first-order valence-electron chi connectivity index (χ1n) is 5.38. The molecule has 0 radical (unpaired) electrons. The summed E-state index contributed by atoms with van der Waals surface area (Å²) >= 11 is 1.70. The van der Waals surface area contributed by atoms with Gasteiger partial charge in [0.2, 0.25) is 0 Å². The summed E-state index contributed by atoms with van der Waals surface area (Å²) in [6.45, 7) is 4.03. The molecule has 1 N–H and O–H groups in total. The standard InChI is InChI=1S/C12H15FN2S/c1-8-7-16-12(14-8)15-9(2)10-5-3-4-6-11(10)13/h3-6,8-9H,7H2,1-2H3,(H,14,15). The summed E-state index contributed by atoms with van der Waals surface area (Å²) in [5, 5.41) is 4.16. The normalized spacial score (nSPS) is 21.7. The highest BCUT2D eigenvalue weighted by Gasteiger charge is 2.17. The fraction of sp³-hybridized carbons (Fsp3) is 0.417. The number of nitrogens with one attached hydrogen (secondary N) is 1. The average Bonchev–Trinajstić information content (AvgIpc) is 2.64. The molecule has 4 heteroatoms. The molecule has 86 valence electrons. The van der Waals surface area contributed by atoms with E-state index in [-0.39, 0.29) is 11.9 Å². The van der Waals surface area contributed by atoms with E-state index < -0.39 is 0 Å². The number of nitrogens with zero attached hydrogens (tertiary/aromatic N) is 1. The molecule has 1 heterocycles. The van der Waals surface area contributed by atoms with Crippen LogP contribution in [-0.4, -0.2) is 17.0 Å². The van der Waals surface area contributed by atoms with Crippen LogP contribution in [0.3, 0.4) is 0 Å². The zero-order chi connectivity index (χ0) is 11.5. The summed E-state index contributed by atoms with van der Waals surface area (Å²) in [7, 11) is 0. The molecular formula is C12H15FN2S. The Labute approximate surface area is 99.3 Å². The van der Waals surface area contributed by atoms with Crippen molar-refractivity contribution in [1.82, 2.24) is 5.32 Å². The maximum absolute atomic E-state index is 13.5. The van der Waals surface area contributed by atoms with Crippen LogP contribution in [0.2, 0.25) is 0 Å². The number of aliphatic imine (C=N–C) groups is 1. The summed E-state index contributed by atoms with van der Waals surface area (Å²) < 4.78 is 13.5. The van der Waals surface area contributed by atoms with Gasteiger partial charge in [-0.3, -0.25) is 4.99 Å². The Morgan fingerprint density at radius 1 is 1.50 bits per heavy atom. The number of hydrogen-bond acceptors (Lipinski definition) is 3. The number of amidine groups is 1. The lowest BCUT2D eigenvalue weighted by atomic mass is 10.1. The summed E-state index contributed by atoms with van der Waals surface area (Å²) in [5.74, 6) is 0.839. The molecule has 1 aliphatic rings. The highest BCUT2D eigenvalue weighted by molar-refractivity contribution is 8.14. The van der Waals surface area contributed by atoms with Gasteiger partial charge in [-0.1, -0.05) is 30.0 Å². The third-order valence-electron chi connectivity index (χ3n) is 2.51. The fourth-order valence-electron chi connectivity index (χ4n) is 1.64. The van der Waals surface area contributed by atoms with E-state index in [0.29, 0.717) is 11.6 Å². The molecule has 0 fully saturated rings. The minimum atomic E-state index is -0.167. The molecule has 2 nitrogen and oxygen atoms in total. The lowest BCUT2D eigenvalue weighted by Gasteiger charge is -2.15. The van der Waals surface area contributed by atoms with E-state index in [2.05, 4.69) is 17.2 Å². The molecule has 0 saturated heterocycles. The van der Waals surface area contributed by atoms with E-state index in [1.807, 2.05) is 13.0 Å². The third-order valence-corrected chi connectivity index (χ3v) is 3.66. The van der Waals surface area contributed by atoms with Gasteiger partial charge in [-0.25, -0.2) is 4.39 Å². The molecule has 0 bridgehead atoms. The minimum Gasteiger partial charge on any atom is -0.358 e. The van der Waals surface area contributed by atoms with Crippen LogP contribution in [0.5, 0.6) is 0 Å².